The maximum atomic E-state index is 6.04. The fraction of sp³-hybridized carbons (Fsp3) is 0.400. The topological polar surface area (TPSA) is 35.2 Å². The van der Waals surface area contributed by atoms with Crippen molar-refractivity contribution in [1.29, 1.82) is 0 Å². The van der Waals surface area contributed by atoms with Crippen LogP contribution in [0.3, 0.4) is 0 Å². The largest absolute Gasteiger partial charge is 0.495 e. The average Bonchev–Trinajstić information content (AvgIpc) is 2.19. The van der Waals surface area contributed by atoms with Crippen molar-refractivity contribution >= 4 is 23.2 Å². The summed E-state index contributed by atoms with van der Waals surface area (Å²) in [6.45, 7) is 2.00. The lowest BCUT2D eigenvalue weighted by Gasteiger charge is -2.13. The molecular formula is C10H13Cl2NO. The SMILES string of the molecule is CCC(N)c1cc(Cl)c(OC)cc1Cl. The molecule has 1 aromatic rings. The van der Waals surface area contributed by atoms with Crippen LogP contribution >= 0.6 is 23.2 Å². The van der Waals surface area contributed by atoms with Gasteiger partial charge < -0.3 is 10.5 Å². The molecule has 78 valence electrons. The standard InChI is InChI=1S/C10H13Cl2NO/c1-3-9(13)6-4-8(12)10(14-2)5-7(6)11/h4-5,9H,3,13H2,1-2H3. The van der Waals surface area contributed by atoms with Crippen molar-refractivity contribution in [1.82, 2.24) is 0 Å². The number of benzene rings is 1. The van der Waals surface area contributed by atoms with E-state index in [4.69, 9.17) is 33.7 Å². The fourth-order valence-corrected chi connectivity index (χ4v) is 1.75. The molecule has 0 aliphatic heterocycles. The lowest BCUT2D eigenvalue weighted by atomic mass is 10.1. The molecule has 0 heterocycles. The minimum absolute atomic E-state index is 0.0779. The van der Waals surface area contributed by atoms with Crippen LogP contribution in [-0.2, 0) is 0 Å². The Morgan fingerprint density at radius 1 is 1.36 bits per heavy atom. The Morgan fingerprint density at radius 3 is 2.50 bits per heavy atom. The number of rotatable bonds is 3. The predicted octanol–water partition coefficient (Wildman–Crippen LogP) is 3.41. The molecule has 1 aromatic carbocycles. The molecule has 1 rings (SSSR count). The van der Waals surface area contributed by atoms with Gasteiger partial charge in [-0.1, -0.05) is 30.1 Å². The summed E-state index contributed by atoms with van der Waals surface area (Å²) in [6.07, 6.45) is 0.822. The number of ether oxygens (including phenoxy) is 1. The summed E-state index contributed by atoms with van der Waals surface area (Å²) in [5.74, 6) is 0.573. The Morgan fingerprint density at radius 2 is 2.00 bits per heavy atom. The van der Waals surface area contributed by atoms with Crippen LogP contribution < -0.4 is 10.5 Å². The summed E-state index contributed by atoms with van der Waals surface area (Å²) in [7, 11) is 1.55. The Hall–Kier alpha value is -0.440. The van der Waals surface area contributed by atoms with E-state index in [0.717, 1.165) is 12.0 Å². The molecule has 0 saturated carbocycles. The van der Waals surface area contributed by atoms with Gasteiger partial charge in [0.05, 0.1) is 12.1 Å². The van der Waals surface area contributed by atoms with Gasteiger partial charge in [-0.3, -0.25) is 0 Å². The molecule has 0 aliphatic rings. The van der Waals surface area contributed by atoms with Crippen LogP contribution in [-0.4, -0.2) is 7.11 Å². The van der Waals surface area contributed by atoms with Crippen molar-refractivity contribution in [2.45, 2.75) is 19.4 Å². The summed E-state index contributed by atoms with van der Waals surface area (Å²) in [5.41, 5.74) is 6.73. The minimum atomic E-state index is -0.0779. The summed E-state index contributed by atoms with van der Waals surface area (Å²) < 4.78 is 5.04. The number of hydrogen-bond donors (Lipinski definition) is 1. The molecule has 0 aliphatic carbocycles. The smallest absolute Gasteiger partial charge is 0.138 e. The first-order valence-electron chi connectivity index (χ1n) is 4.38. The summed E-state index contributed by atoms with van der Waals surface area (Å²) >= 11 is 12.0. The maximum Gasteiger partial charge on any atom is 0.138 e. The molecule has 0 aromatic heterocycles. The Labute approximate surface area is 94.0 Å². The molecule has 0 bridgehead atoms. The van der Waals surface area contributed by atoms with Crippen molar-refractivity contribution in [3.8, 4) is 5.75 Å². The molecule has 0 spiro atoms. The quantitative estimate of drug-likeness (QED) is 0.869. The van der Waals surface area contributed by atoms with E-state index in [1.165, 1.54) is 0 Å². The third-order valence-electron chi connectivity index (χ3n) is 2.11. The average molecular weight is 234 g/mol. The third-order valence-corrected chi connectivity index (χ3v) is 2.73. The van der Waals surface area contributed by atoms with E-state index in [1.807, 2.05) is 6.92 Å². The third kappa shape index (κ3) is 2.32. The summed E-state index contributed by atoms with van der Waals surface area (Å²) in [6, 6.07) is 3.37. The van der Waals surface area contributed by atoms with Crippen LogP contribution in [0.5, 0.6) is 5.75 Å². The van der Waals surface area contributed by atoms with E-state index in [2.05, 4.69) is 0 Å². The van der Waals surface area contributed by atoms with Gasteiger partial charge in [0.2, 0.25) is 0 Å². The normalized spacial score (nSPS) is 12.6. The van der Waals surface area contributed by atoms with Crippen LogP contribution in [0.4, 0.5) is 0 Å². The predicted molar refractivity (Wildman–Crippen MR) is 60.2 cm³/mol. The molecule has 2 N–H and O–H groups in total. The summed E-state index contributed by atoms with van der Waals surface area (Å²) in [4.78, 5) is 0. The van der Waals surface area contributed by atoms with Crippen LogP contribution in [0.2, 0.25) is 10.0 Å². The Bertz CT molecular complexity index is 328. The Kier molecular flexibility index (Phi) is 4.05. The number of nitrogens with two attached hydrogens (primary N) is 1. The lowest BCUT2D eigenvalue weighted by Crippen LogP contribution is -2.09. The van der Waals surface area contributed by atoms with Gasteiger partial charge in [-0.15, -0.1) is 0 Å². The first-order chi connectivity index (χ1) is 6.60. The van der Waals surface area contributed by atoms with Gasteiger partial charge in [0, 0.05) is 17.1 Å². The first kappa shape index (κ1) is 11.6. The molecule has 4 heteroatoms. The number of hydrogen-bond acceptors (Lipinski definition) is 2. The van der Waals surface area contributed by atoms with Gasteiger partial charge in [-0.2, -0.15) is 0 Å². The molecule has 0 saturated heterocycles. The van der Waals surface area contributed by atoms with Gasteiger partial charge in [-0.25, -0.2) is 0 Å². The molecular weight excluding hydrogens is 221 g/mol. The molecule has 0 amide bonds. The zero-order chi connectivity index (χ0) is 10.7. The second-order valence-electron chi connectivity index (χ2n) is 3.02. The van der Waals surface area contributed by atoms with Gasteiger partial charge in [-0.05, 0) is 18.1 Å². The van der Waals surface area contributed by atoms with E-state index in [9.17, 15) is 0 Å². The van der Waals surface area contributed by atoms with Crippen LogP contribution in [0.25, 0.3) is 0 Å². The van der Waals surface area contributed by atoms with E-state index in [1.54, 1.807) is 19.2 Å². The molecule has 14 heavy (non-hydrogen) atoms. The summed E-state index contributed by atoms with van der Waals surface area (Å²) in [5, 5.41) is 1.14. The fourth-order valence-electron chi connectivity index (χ4n) is 1.20. The van der Waals surface area contributed by atoms with Crippen LogP contribution in [0.15, 0.2) is 12.1 Å². The zero-order valence-corrected chi connectivity index (χ0v) is 9.69. The number of halogens is 2. The van der Waals surface area contributed by atoms with E-state index < -0.39 is 0 Å². The van der Waals surface area contributed by atoms with Gasteiger partial charge in [0.15, 0.2) is 0 Å². The van der Waals surface area contributed by atoms with Crippen molar-refractivity contribution in [3.63, 3.8) is 0 Å². The molecule has 0 fully saturated rings. The van der Waals surface area contributed by atoms with Gasteiger partial charge >= 0.3 is 0 Å². The highest BCUT2D eigenvalue weighted by Crippen LogP contribution is 2.33. The Balaban J connectivity index is 3.14. The van der Waals surface area contributed by atoms with Crippen LogP contribution in [0.1, 0.15) is 24.9 Å². The maximum absolute atomic E-state index is 6.04. The van der Waals surface area contributed by atoms with E-state index in [0.29, 0.717) is 15.8 Å². The highest BCUT2D eigenvalue weighted by atomic mass is 35.5. The van der Waals surface area contributed by atoms with Crippen molar-refractivity contribution < 1.29 is 4.74 Å². The highest BCUT2D eigenvalue weighted by Gasteiger charge is 2.12. The van der Waals surface area contributed by atoms with Gasteiger partial charge in [0.1, 0.15) is 5.75 Å². The van der Waals surface area contributed by atoms with Crippen molar-refractivity contribution in [2.75, 3.05) is 7.11 Å². The van der Waals surface area contributed by atoms with Crippen molar-refractivity contribution in [2.24, 2.45) is 5.73 Å². The second kappa shape index (κ2) is 4.87. The second-order valence-corrected chi connectivity index (χ2v) is 3.84. The molecule has 1 atom stereocenters. The first-order valence-corrected chi connectivity index (χ1v) is 5.14. The molecule has 2 nitrogen and oxygen atoms in total. The van der Waals surface area contributed by atoms with E-state index in [-0.39, 0.29) is 6.04 Å². The minimum Gasteiger partial charge on any atom is -0.495 e. The van der Waals surface area contributed by atoms with Crippen molar-refractivity contribution in [3.05, 3.63) is 27.7 Å². The van der Waals surface area contributed by atoms with Gasteiger partial charge in [0.25, 0.3) is 0 Å². The highest BCUT2D eigenvalue weighted by molar-refractivity contribution is 6.34. The monoisotopic (exact) mass is 233 g/mol. The number of methoxy groups -OCH3 is 1. The molecule has 1 unspecified atom stereocenters. The lowest BCUT2D eigenvalue weighted by molar-refractivity contribution is 0.414. The van der Waals surface area contributed by atoms with E-state index >= 15 is 0 Å². The molecule has 0 radical (unpaired) electrons. The zero-order valence-electron chi connectivity index (χ0n) is 8.18. The van der Waals surface area contributed by atoms with Crippen LogP contribution in [0, 0.1) is 0 Å².